The van der Waals surface area contributed by atoms with Crippen molar-refractivity contribution in [3.63, 3.8) is 0 Å². The summed E-state index contributed by atoms with van der Waals surface area (Å²) in [4.78, 5) is 89.8. The molecular formula is C55H59N3O16. The van der Waals surface area contributed by atoms with E-state index in [1.54, 1.807) is 24.3 Å². The van der Waals surface area contributed by atoms with Gasteiger partial charge in [-0.05, 0) is 85.3 Å². The van der Waals surface area contributed by atoms with E-state index in [0.29, 0.717) is 40.5 Å². The van der Waals surface area contributed by atoms with Gasteiger partial charge in [0, 0.05) is 51.5 Å². The Morgan fingerprint density at radius 2 is 1.18 bits per heavy atom. The predicted molar refractivity (Wildman–Crippen MR) is 276 cm³/mol. The first-order valence-corrected chi connectivity index (χ1v) is 24.3. The highest BCUT2D eigenvalue weighted by atomic mass is 16.5. The lowest BCUT2D eigenvalue weighted by Crippen LogP contribution is -2.35. The molecule has 74 heavy (non-hydrogen) atoms. The molecule has 0 radical (unpaired) electrons. The molecule has 7 N–H and O–H groups in total. The van der Waals surface area contributed by atoms with E-state index < -0.39 is 61.9 Å². The molecule has 390 valence electrons. The number of rotatable bonds is 29. The van der Waals surface area contributed by atoms with Crippen LogP contribution in [0.5, 0.6) is 17.2 Å². The number of ether oxygens (including phenoxy) is 2. The molecule has 0 atom stereocenters. The van der Waals surface area contributed by atoms with Crippen LogP contribution in [-0.2, 0) is 32.0 Å². The van der Waals surface area contributed by atoms with Crippen LogP contribution in [0, 0.1) is 0 Å². The van der Waals surface area contributed by atoms with Crippen LogP contribution in [-0.4, -0.2) is 106 Å². The number of phenolic OH excluding ortho intramolecular Hbond substituents is 1. The van der Waals surface area contributed by atoms with Crippen molar-refractivity contribution in [2.75, 3.05) is 54.5 Å². The number of hydrogen-bond donors (Lipinski definition) is 7. The number of unbranched alkanes of at least 4 members (excludes halogenated alkanes) is 6. The molecule has 0 bridgehead atoms. The summed E-state index contributed by atoms with van der Waals surface area (Å²) < 4.78 is 18.2. The van der Waals surface area contributed by atoms with Crippen molar-refractivity contribution in [2.24, 2.45) is 0 Å². The number of nitrogens with one attached hydrogen (secondary N) is 1. The maximum atomic E-state index is 14.1. The first-order valence-electron chi connectivity index (χ1n) is 24.3. The second-order valence-electron chi connectivity index (χ2n) is 17.7. The van der Waals surface area contributed by atoms with Crippen LogP contribution in [0.1, 0.15) is 97.1 Å². The fourth-order valence-corrected chi connectivity index (χ4v) is 8.72. The number of amides is 1. The minimum absolute atomic E-state index is 0.00317. The smallest absolute Gasteiger partial charge is 0.336 e. The van der Waals surface area contributed by atoms with Crippen LogP contribution in [0.25, 0.3) is 33.4 Å². The second kappa shape index (κ2) is 25.7. The summed E-state index contributed by atoms with van der Waals surface area (Å²) in [7, 11) is 0. The summed E-state index contributed by atoms with van der Waals surface area (Å²) in [6, 6.07) is 20.7. The van der Waals surface area contributed by atoms with Gasteiger partial charge in [0.05, 0.1) is 16.9 Å². The lowest BCUT2D eigenvalue weighted by atomic mass is 9.87. The van der Waals surface area contributed by atoms with E-state index in [1.165, 1.54) is 60.7 Å². The molecule has 1 heterocycles. The topological polar surface area (TPSA) is 291 Å². The van der Waals surface area contributed by atoms with Gasteiger partial charge in [-0.1, -0.05) is 70.6 Å². The molecule has 0 aromatic heterocycles. The van der Waals surface area contributed by atoms with Gasteiger partial charge in [-0.15, -0.1) is 0 Å². The number of aromatic hydroxyl groups is 1. The summed E-state index contributed by atoms with van der Waals surface area (Å²) >= 11 is 0. The number of hydrogen-bond acceptors (Lipinski definition) is 13. The van der Waals surface area contributed by atoms with Crippen LogP contribution < -0.4 is 30.0 Å². The van der Waals surface area contributed by atoms with E-state index in [0.717, 1.165) is 61.2 Å². The quantitative estimate of drug-likeness (QED) is 0.0170. The number of aromatic carboxylic acids is 1. The zero-order chi connectivity index (χ0) is 53.5. The molecular weight excluding hydrogens is 959 g/mol. The Kier molecular flexibility index (Phi) is 19.0. The van der Waals surface area contributed by atoms with Crippen LogP contribution in [0.15, 0.2) is 94.1 Å². The number of carbonyl (C=O) groups is 6. The lowest BCUT2D eigenvalue weighted by molar-refractivity contribution is -0.138. The highest BCUT2D eigenvalue weighted by Crippen LogP contribution is 2.44. The van der Waals surface area contributed by atoms with Gasteiger partial charge < -0.3 is 59.6 Å². The Labute approximate surface area is 425 Å². The minimum atomic E-state index is -1.37. The van der Waals surface area contributed by atoms with Gasteiger partial charge in [-0.2, -0.15) is 0 Å². The molecule has 19 nitrogen and oxygen atoms in total. The summed E-state index contributed by atoms with van der Waals surface area (Å²) in [6.07, 6.45) is 8.52. The van der Waals surface area contributed by atoms with E-state index in [1.807, 2.05) is 0 Å². The van der Waals surface area contributed by atoms with Gasteiger partial charge in [0.1, 0.15) is 68.0 Å². The summed E-state index contributed by atoms with van der Waals surface area (Å²) in [5, 5.41) is 63.3. The first kappa shape index (κ1) is 54.7. The second-order valence-corrected chi connectivity index (χ2v) is 17.7. The number of carbonyl (C=O) groups excluding carboxylic acids is 1. The molecule has 4 aromatic carbocycles. The van der Waals surface area contributed by atoms with E-state index in [4.69, 9.17) is 13.9 Å². The summed E-state index contributed by atoms with van der Waals surface area (Å²) in [5.41, 5.74) is 2.21. The molecule has 0 fully saturated rings. The van der Waals surface area contributed by atoms with E-state index in [-0.39, 0.29) is 81.0 Å². The zero-order valence-electron chi connectivity index (χ0n) is 41.1. The Bertz CT molecular complexity index is 3020. The number of aliphatic carboxylic acids is 4. The highest BCUT2D eigenvalue weighted by Gasteiger charge is 2.26. The van der Waals surface area contributed by atoms with Gasteiger partial charge in [-0.25, -0.2) is 4.79 Å². The lowest BCUT2D eigenvalue weighted by Gasteiger charge is -2.25. The van der Waals surface area contributed by atoms with Crippen molar-refractivity contribution in [1.82, 2.24) is 0 Å². The molecule has 4 aromatic rings. The van der Waals surface area contributed by atoms with Gasteiger partial charge >= 0.3 is 29.8 Å². The summed E-state index contributed by atoms with van der Waals surface area (Å²) in [6.45, 7) is 0.865. The predicted octanol–water partition coefficient (Wildman–Crippen LogP) is 8.88. The molecule has 0 saturated carbocycles. The van der Waals surface area contributed by atoms with Crippen molar-refractivity contribution in [3.05, 3.63) is 117 Å². The molecule has 6 rings (SSSR count). The normalized spacial score (nSPS) is 11.1. The Balaban J connectivity index is 1.36. The highest BCUT2D eigenvalue weighted by molar-refractivity contribution is 6.11. The molecule has 19 heteroatoms. The van der Waals surface area contributed by atoms with Crippen molar-refractivity contribution in [1.29, 1.82) is 0 Å². The van der Waals surface area contributed by atoms with Crippen molar-refractivity contribution in [3.8, 4) is 39.7 Å². The van der Waals surface area contributed by atoms with Gasteiger partial charge in [0.2, 0.25) is 0 Å². The number of phenols is 1. The van der Waals surface area contributed by atoms with E-state index in [9.17, 15) is 64.2 Å². The van der Waals surface area contributed by atoms with Crippen LogP contribution in [0.3, 0.4) is 0 Å². The van der Waals surface area contributed by atoms with Gasteiger partial charge in [0.15, 0.2) is 5.43 Å². The van der Waals surface area contributed by atoms with Crippen LogP contribution >= 0.6 is 0 Å². The van der Waals surface area contributed by atoms with Crippen molar-refractivity contribution >= 4 is 63.8 Å². The Morgan fingerprint density at radius 1 is 0.595 bits per heavy atom. The number of carboxylic acids is 5. The SMILES string of the molecule is CCCCCCc1cc2c(-c3ccc(C(=O)Nc4ccc(N(CC(=O)O)CC(=O)O)c(OCCOc5ccccc5N(CC(=O)O)CC(=O)O)c4)cc3C(=O)O)c3cc(CCCCCC)c(=O)cc-3oc2cc1O. The maximum absolute atomic E-state index is 14.1. The number of aryl methyl sites for hydroxylation is 2. The first-order chi connectivity index (χ1) is 35.5. The van der Waals surface area contributed by atoms with E-state index >= 15 is 0 Å². The summed E-state index contributed by atoms with van der Waals surface area (Å²) in [5.74, 6) is -7.20. The monoisotopic (exact) mass is 1020 g/mol. The number of fused-ring (bicyclic) bond motifs is 2. The molecule has 1 aliphatic heterocycles. The fourth-order valence-electron chi connectivity index (χ4n) is 8.72. The third-order valence-corrected chi connectivity index (χ3v) is 12.2. The number of nitrogens with zero attached hydrogens (tertiary/aromatic N) is 2. The average Bonchev–Trinajstić information content (AvgIpc) is 3.34. The molecule has 1 amide bonds. The van der Waals surface area contributed by atoms with Gasteiger partial charge in [-0.3, -0.25) is 28.8 Å². The third-order valence-electron chi connectivity index (χ3n) is 12.2. The largest absolute Gasteiger partial charge is 0.508 e. The zero-order valence-corrected chi connectivity index (χ0v) is 41.1. The number of carboxylic acid groups (broad SMARTS) is 5. The molecule has 0 saturated heterocycles. The standard InChI is InChI=1S/C55H59N3O16/c1-3-5-7-9-13-33-23-39-46(27-43(33)59)74-47-28-44(60)34(14-10-8-6-4-2)24-40(47)53(39)37-19-17-35(25-38(37)55(70)71)54(69)56-36-18-20-42(58(31-51(65)66)32-52(67)68)48(26-36)73-22-21-72-45-16-12-11-15-41(45)57(29-49(61)62)30-50(63)64/h11-12,15-20,23-28,59H,3-10,13-14,21-22,29-32H2,1-2H3,(H,56,69)(H,61,62)(H,63,64)(H,65,66)(H,67,68)(H,70,71). The van der Waals surface area contributed by atoms with Crippen molar-refractivity contribution in [2.45, 2.75) is 78.1 Å². The van der Waals surface area contributed by atoms with E-state index in [2.05, 4.69) is 19.2 Å². The molecule has 1 aliphatic carbocycles. The van der Waals surface area contributed by atoms with Crippen molar-refractivity contribution < 1.29 is 73.3 Å². The molecule has 0 unspecified atom stereocenters. The Morgan fingerprint density at radius 3 is 1.77 bits per heavy atom. The number of para-hydroxylation sites is 2. The van der Waals surface area contributed by atoms with Gasteiger partial charge in [0.25, 0.3) is 5.91 Å². The number of anilines is 3. The average molecular weight is 1020 g/mol. The fraction of sp³-hybridized carbons (Fsp3) is 0.327. The van der Waals surface area contributed by atoms with Crippen LogP contribution in [0.2, 0.25) is 0 Å². The Hall–Kier alpha value is -8.61. The molecule has 0 spiro atoms. The molecule has 2 aliphatic rings. The third kappa shape index (κ3) is 14.3. The minimum Gasteiger partial charge on any atom is -0.508 e. The number of benzene rings is 5. The maximum Gasteiger partial charge on any atom is 0.336 e. The van der Waals surface area contributed by atoms with Crippen LogP contribution in [0.4, 0.5) is 17.1 Å².